The zero-order chi connectivity index (χ0) is 12.1. The molecule has 3 nitrogen and oxygen atoms in total. The Morgan fingerprint density at radius 3 is 2.62 bits per heavy atom. The molecule has 86 valence electrons. The van der Waals surface area contributed by atoms with E-state index in [1.807, 2.05) is 38.1 Å². The van der Waals surface area contributed by atoms with Crippen LogP contribution < -0.4 is 5.32 Å². The first-order valence-electron chi connectivity index (χ1n) is 5.08. The lowest BCUT2D eigenvalue weighted by molar-refractivity contribution is 0.644. The first kappa shape index (κ1) is 12.6. The molecular weight excluding hydrogens is 218 g/mol. The molecule has 1 rings (SSSR count). The minimum atomic E-state index is 0.473. The van der Waals surface area contributed by atoms with Gasteiger partial charge in [-0.15, -0.1) is 0 Å². The van der Waals surface area contributed by atoms with Crippen molar-refractivity contribution in [1.29, 1.82) is 0 Å². The lowest BCUT2D eigenvalue weighted by atomic mass is 10.1. The van der Waals surface area contributed by atoms with Crippen LogP contribution in [0.3, 0.4) is 0 Å². The van der Waals surface area contributed by atoms with Crippen LogP contribution in [0.4, 0.5) is 5.69 Å². The van der Waals surface area contributed by atoms with E-state index in [1.54, 1.807) is 6.34 Å². The molecule has 0 aliphatic carbocycles. The lowest BCUT2D eigenvalue weighted by Gasteiger charge is -2.09. The van der Waals surface area contributed by atoms with E-state index in [2.05, 4.69) is 23.3 Å². The number of aryl methyl sites for hydroxylation is 2. The van der Waals surface area contributed by atoms with Crippen LogP contribution in [0.25, 0.3) is 0 Å². The fraction of sp³-hybridized carbons (Fsp3) is 0.333. The van der Waals surface area contributed by atoms with Crippen LogP contribution in [0.15, 0.2) is 23.2 Å². The van der Waals surface area contributed by atoms with Gasteiger partial charge in [-0.2, -0.15) is 0 Å². The zero-order valence-electron chi connectivity index (χ0n) is 10.1. The molecule has 1 N–H and O–H groups in total. The molecule has 0 saturated heterocycles. The van der Waals surface area contributed by atoms with E-state index < -0.39 is 0 Å². The monoisotopic (exact) mass is 235 g/mol. The zero-order valence-corrected chi connectivity index (χ0v) is 10.9. The standard InChI is InChI=1S/C12H17N3S/c1-9-5-6-11(10(2)7-9)14-12(16)13-8-15(3)4/h5-8H,1-4H3,(H,14,16)/b13-8+. The van der Waals surface area contributed by atoms with Crippen LogP contribution in [0, 0.1) is 13.8 Å². The van der Waals surface area contributed by atoms with Gasteiger partial charge in [-0.25, -0.2) is 4.99 Å². The van der Waals surface area contributed by atoms with Gasteiger partial charge in [0.05, 0.1) is 6.34 Å². The Hall–Kier alpha value is -1.42. The summed E-state index contributed by atoms with van der Waals surface area (Å²) in [6.07, 6.45) is 1.68. The van der Waals surface area contributed by atoms with Crippen LogP contribution in [-0.4, -0.2) is 30.4 Å². The number of anilines is 1. The highest BCUT2D eigenvalue weighted by molar-refractivity contribution is 7.80. The summed E-state index contributed by atoms with van der Waals surface area (Å²) in [5.74, 6) is 0. The average molecular weight is 235 g/mol. The fourth-order valence-electron chi connectivity index (χ4n) is 1.27. The quantitative estimate of drug-likeness (QED) is 0.485. The first-order valence-corrected chi connectivity index (χ1v) is 5.48. The average Bonchev–Trinajstić information content (AvgIpc) is 2.19. The van der Waals surface area contributed by atoms with Gasteiger partial charge >= 0.3 is 0 Å². The number of nitrogens with zero attached hydrogens (tertiary/aromatic N) is 2. The Morgan fingerprint density at radius 2 is 2.06 bits per heavy atom. The molecule has 1 aromatic carbocycles. The predicted molar refractivity (Wildman–Crippen MR) is 74.3 cm³/mol. The number of rotatable bonds is 2. The highest BCUT2D eigenvalue weighted by atomic mass is 32.1. The maximum Gasteiger partial charge on any atom is 0.198 e. The molecule has 0 saturated carbocycles. The van der Waals surface area contributed by atoms with Crippen molar-refractivity contribution in [2.75, 3.05) is 19.4 Å². The van der Waals surface area contributed by atoms with Gasteiger partial charge in [0.15, 0.2) is 5.11 Å². The van der Waals surface area contributed by atoms with Crippen LogP contribution in [-0.2, 0) is 0 Å². The topological polar surface area (TPSA) is 27.6 Å². The van der Waals surface area contributed by atoms with Crippen molar-refractivity contribution in [3.05, 3.63) is 29.3 Å². The highest BCUT2D eigenvalue weighted by Gasteiger charge is 1.99. The lowest BCUT2D eigenvalue weighted by Crippen LogP contribution is -2.13. The van der Waals surface area contributed by atoms with Gasteiger partial charge in [-0.1, -0.05) is 17.7 Å². The van der Waals surface area contributed by atoms with Gasteiger partial charge in [0.25, 0.3) is 0 Å². The number of hydrogen-bond acceptors (Lipinski definition) is 1. The van der Waals surface area contributed by atoms with E-state index in [0.29, 0.717) is 5.11 Å². The molecule has 0 spiro atoms. The van der Waals surface area contributed by atoms with Gasteiger partial charge in [-0.3, -0.25) is 0 Å². The van der Waals surface area contributed by atoms with Crippen molar-refractivity contribution >= 4 is 29.4 Å². The van der Waals surface area contributed by atoms with Gasteiger partial charge < -0.3 is 10.2 Å². The molecule has 16 heavy (non-hydrogen) atoms. The second kappa shape index (κ2) is 5.61. The summed E-state index contributed by atoms with van der Waals surface area (Å²) in [6.45, 7) is 4.12. The summed E-state index contributed by atoms with van der Waals surface area (Å²) in [5.41, 5.74) is 3.42. The van der Waals surface area contributed by atoms with E-state index in [9.17, 15) is 0 Å². The fourth-order valence-corrected chi connectivity index (χ4v) is 1.43. The number of nitrogens with one attached hydrogen (secondary N) is 1. The molecule has 0 bridgehead atoms. The third-order valence-electron chi connectivity index (χ3n) is 2.03. The molecule has 0 atom stereocenters. The molecule has 0 amide bonds. The predicted octanol–water partition coefficient (Wildman–Crippen LogP) is 2.59. The minimum absolute atomic E-state index is 0.473. The van der Waals surface area contributed by atoms with Crippen LogP contribution in [0.1, 0.15) is 11.1 Å². The summed E-state index contributed by atoms with van der Waals surface area (Å²) in [7, 11) is 3.81. The molecule has 0 aliphatic heterocycles. The van der Waals surface area contributed by atoms with Gasteiger partial charge in [-0.05, 0) is 37.7 Å². The summed E-state index contributed by atoms with van der Waals surface area (Å²) in [6, 6.07) is 6.18. The summed E-state index contributed by atoms with van der Waals surface area (Å²) in [5, 5.41) is 3.57. The number of benzene rings is 1. The molecule has 4 heteroatoms. The Balaban J connectivity index is 2.70. The Morgan fingerprint density at radius 1 is 1.38 bits per heavy atom. The normalized spacial score (nSPS) is 10.5. The minimum Gasteiger partial charge on any atom is -0.369 e. The van der Waals surface area contributed by atoms with Crippen molar-refractivity contribution in [1.82, 2.24) is 4.90 Å². The highest BCUT2D eigenvalue weighted by Crippen LogP contribution is 2.16. The maximum absolute atomic E-state index is 5.11. The second-order valence-electron chi connectivity index (χ2n) is 3.96. The van der Waals surface area contributed by atoms with Crippen LogP contribution in [0.2, 0.25) is 0 Å². The van der Waals surface area contributed by atoms with Crippen molar-refractivity contribution in [3.63, 3.8) is 0 Å². The number of aliphatic imine (C=N–C) groups is 1. The molecule has 0 aromatic heterocycles. The van der Waals surface area contributed by atoms with Crippen LogP contribution >= 0.6 is 12.2 Å². The Labute approximate surface area is 102 Å². The summed E-state index contributed by atoms with van der Waals surface area (Å²) >= 11 is 5.11. The molecule has 0 unspecified atom stereocenters. The first-order chi connectivity index (χ1) is 7.49. The van der Waals surface area contributed by atoms with Gasteiger partial charge in [0.1, 0.15) is 0 Å². The Kier molecular flexibility index (Phi) is 4.43. The molecule has 0 aliphatic rings. The van der Waals surface area contributed by atoms with Crippen molar-refractivity contribution in [3.8, 4) is 0 Å². The third-order valence-corrected chi connectivity index (χ3v) is 2.24. The Bertz CT molecular complexity index is 411. The van der Waals surface area contributed by atoms with E-state index in [1.165, 1.54) is 11.1 Å². The van der Waals surface area contributed by atoms with Crippen molar-refractivity contribution in [2.24, 2.45) is 4.99 Å². The molecule has 0 heterocycles. The van der Waals surface area contributed by atoms with Crippen molar-refractivity contribution in [2.45, 2.75) is 13.8 Å². The molecular formula is C12H17N3S. The maximum atomic E-state index is 5.11. The van der Waals surface area contributed by atoms with E-state index in [4.69, 9.17) is 12.2 Å². The summed E-state index contributed by atoms with van der Waals surface area (Å²) < 4.78 is 0. The molecule has 0 fully saturated rings. The summed E-state index contributed by atoms with van der Waals surface area (Å²) in [4.78, 5) is 5.95. The molecule has 0 radical (unpaired) electrons. The molecule has 1 aromatic rings. The largest absolute Gasteiger partial charge is 0.369 e. The smallest absolute Gasteiger partial charge is 0.198 e. The third kappa shape index (κ3) is 3.98. The van der Waals surface area contributed by atoms with Crippen molar-refractivity contribution < 1.29 is 0 Å². The SMILES string of the molecule is Cc1ccc(NC(=S)/N=C/N(C)C)c(C)c1. The van der Waals surface area contributed by atoms with Crippen LogP contribution in [0.5, 0.6) is 0 Å². The van der Waals surface area contributed by atoms with E-state index in [-0.39, 0.29) is 0 Å². The number of hydrogen-bond donors (Lipinski definition) is 1. The van der Waals surface area contributed by atoms with Gasteiger partial charge in [0, 0.05) is 19.8 Å². The second-order valence-corrected chi connectivity index (χ2v) is 4.34. The van der Waals surface area contributed by atoms with Gasteiger partial charge in [0.2, 0.25) is 0 Å². The van der Waals surface area contributed by atoms with E-state index in [0.717, 1.165) is 5.69 Å². The number of thiocarbonyl (C=S) groups is 1. The van der Waals surface area contributed by atoms with E-state index >= 15 is 0 Å².